The molecule has 0 bridgehead atoms. The van der Waals surface area contributed by atoms with E-state index in [0.29, 0.717) is 5.92 Å². The Morgan fingerprint density at radius 1 is 0.689 bits per heavy atom. The maximum atomic E-state index is 7.56. The summed E-state index contributed by atoms with van der Waals surface area (Å²) in [6.45, 7) is 30.7. The fourth-order valence-corrected chi connectivity index (χ4v) is 11.0. The highest BCUT2D eigenvalue weighted by Gasteiger charge is 2.48. The van der Waals surface area contributed by atoms with Gasteiger partial charge in [0, 0.05) is 33.8 Å². The van der Waals surface area contributed by atoms with E-state index in [2.05, 4.69) is 203 Å². The summed E-state index contributed by atoms with van der Waals surface area (Å²) >= 11 is 0. The molecule has 0 atom stereocenters. The summed E-state index contributed by atoms with van der Waals surface area (Å²) in [5.74, 6) is 0.361. The van der Waals surface area contributed by atoms with Gasteiger partial charge in [-0.25, -0.2) is 0 Å². The minimum atomic E-state index is -0.101. The van der Waals surface area contributed by atoms with E-state index in [9.17, 15) is 0 Å². The molecule has 0 saturated heterocycles. The van der Waals surface area contributed by atoms with Crippen molar-refractivity contribution in [1.29, 1.82) is 0 Å². The molecule has 1 aromatic heterocycles. The lowest BCUT2D eigenvalue weighted by Gasteiger charge is -2.44. The smallest absolute Gasteiger partial charge is 0.297 e. The van der Waals surface area contributed by atoms with Crippen LogP contribution in [0.15, 0.2) is 108 Å². The fraction of sp³-hybridized carbons (Fsp3) is 0.368. The monoisotopic (exact) mass is 803 g/mol. The van der Waals surface area contributed by atoms with Crippen molar-refractivity contribution in [3.05, 3.63) is 137 Å². The molecule has 4 heteroatoms. The Labute approximate surface area is 365 Å². The predicted octanol–water partition coefficient (Wildman–Crippen LogP) is 14.4. The van der Waals surface area contributed by atoms with Gasteiger partial charge in [0.05, 0.1) is 11.3 Å². The van der Waals surface area contributed by atoms with E-state index in [-0.39, 0.29) is 28.4 Å². The number of hydrogen-bond donors (Lipinski definition) is 0. The second kappa shape index (κ2) is 13.4. The molecule has 2 aliphatic heterocycles. The van der Waals surface area contributed by atoms with Crippen LogP contribution in [0.3, 0.4) is 0 Å². The van der Waals surface area contributed by atoms with Gasteiger partial charge in [-0.15, -0.1) is 0 Å². The number of benzene rings is 6. The number of aryl methyl sites for hydroxylation is 1. The van der Waals surface area contributed by atoms with Crippen LogP contribution < -0.4 is 26.4 Å². The van der Waals surface area contributed by atoms with E-state index >= 15 is 0 Å². The highest BCUT2D eigenvalue weighted by Crippen LogP contribution is 2.52. The van der Waals surface area contributed by atoms with Crippen LogP contribution in [0.4, 0.5) is 34.1 Å². The van der Waals surface area contributed by atoms with Gasteiger partial charge < -0.3 is 14.2 Å². The maximum absolute atomic E-state index is 7.56. The zero-order valence-corrected chi connectivity index (χ0v) is 38.9. The summed E-state index contributed by atoms with van der Waals surface area (Å²) in [6, 6.07) is 40.1. The summed E-state index contributed by atoms with van der Waals surface area (Å²) in [5.41, 5.74) is 20.4. The van der Waals surface area contributed by atoms with Crippen LogP contribution >= 0.6 is 0 Å². The number of fused-ring (bicyclic) bond motifs is 8. The van der Waals surface area contributed by atoms with Crippen molar-refractivity contribution in [2.75, 3.05) is 9.80 Å². The van der Waals surface area contributed by atoms with E-state index < -0.39 is 0 Å². The molecule has 3 heterocycles. The first-order valence-electron chi connectivity index (χ1n) is 22.9. The van der Waals surface area contributed by atoms with Crippen LogP contribution in [0.1, 0.15) is 142 Å². The summed E-state index contributed by atoms with van der Waals surface area (Å²) in [6.07, 6.45) is 3.37. The summed E-state index contributed by atoms with van der Waals surface area (Å²) in [5, 5.41) is 3.68. The van der Waals surface area contributed by atoms with Gasteiger partial charge in [-0.05, 0) is 163 Å². The number of rotatable bonds is 5. The topological polar surface area (TPSA) is 19.6 Å². The third kappa shape index (κ3) is 6.05. The van der Waals surface area contributed by atoms with Gasteiger partial charge in [-0.2, -0.15) is 0 Å². The average Bonchev–Trinajstić information content (AvgIpc) is 3.59. The third-order valence-corrected chi connectivity index (χ3v) is 15.2. The van der Waals surface area contributed by atoms with Crippen LogP contribution in [-0.2, 0) is 21.7 Å². The molecule has 0 fully saturated rings. The summed E-state index contributed by atoms with van der Waals surface area (Å²) in [4.78, 5) is 5.14. The second-order valence-electron chi connectivity index (χ2n) is 22.0. The molecule has 0 spiro atoms. The highest BCUT2D eigenvalue weighted by molar-refractivity contribution is 7.00. The van der Waals surface area contributed by atoms with Gasteiger partial charge in [-0.1, -0.05) is 132 Å². The lowest BCUT2D eigenvalue weighted by atomic mass is 9.35. The molecule has 7 aromatic rings. The Balaban J connectivity index is 1.35. The largest absolute Gasteiger partial charge is 0.468 e. The maximum Gasteiger partial charge on any atom is 0.297 e. The lowest BCUT2D eigenvalue weighted by Crippen LogP contribution is -2.61. The summed E-state index contributed by atoms with van der Waals surface area (Å²) < 4.78 is 7.56. The molecule has 0 unspecified atom stereocenters. The number of furan rings is 1. The fourth-order valence-electron chi connectivity index (χ4n) is 11.0. The molecule has 6 aromatic carbocycles. The Bertz CT molecular complexity index is 2920. The molecular weight excluding hydrogens is 739 g/mol. The molecule has 1 aliphatic carbocycles. The quantitative estimate of drug-likeness (QED) is 0.162. The Hall–Kier alpha value is -5.22. The van der Waals surface area contributed by atoms with Crippen LogP contribution in [0, 0.1) is 6.92 Å². The van der Waals surface area contributed by atoms with Gasteiger partial charge in [0.2, 0.25) is 0 Å². The van der Waals surface area contributed by atoms with Crippen molar-refractivity contribution < 1.29 is 4.42 Å². The van der Waals surface area contributed by atoms with Crippen LogP contribution in [0.5, 0.6) is 0 Å². The second-order valence-corrected chi connectivity index (χ2v) is 22.0. The van der Waals surface area contributed by atoms with Crippen LogP contribution in [-0.4, -0.2) is 6.71 Å². The van der Waals surface area contributed by atoms with Gasteiger partial charge in [0.25, 0.3) is 6.71 Å². The van der Waals surface area contributed by atoms with E-state index in [1.807, 2.05) is 0 Å². The van der Waals surface area contributed by atoms with Gasteiger partial charge in [0.1, 0.15) is 5.58 Å². The van der Waals surface area contributed by atoms with E-state index in [1.165, 1.54) is 88.9 Å². The van der Waals surface area contributed by atoms with Crippen molar-refractivity contribution >= 4 is 79.2 Å². The average molecular weight is 803 g/mol. The Morgan fingerprint density at radius 3 is 1.95 bits per heavy atom. The molecule has 310 valence electrons. The SMILES string of the molecule is CCC(C)(C)c1cc2c(cc1C(C)C)N(c1ccc(C(C)(C)C)cc1)c1cc(C)cc3c1B2c1oc2cc4c(cc2c1N3c1ccc2ccccc2c1)C(C)(C)CCC4(C)C. The Kier molecular flexibility index (Phi) is 8.76. The molecular formula is C57H63BN2O. The molecule has 0 saturated carbocycles. The minimum Gasteiger partial charge on any atom is -0.468 e. The molecule has 0 radical (unpaired) electrons. The van der Waals surface area contributed by atoms with Crippen molar-refractivity contribution in [1.82, 2.24) is 0 Å². The van der Waals surface area contributed by atoms with Gasteiger partial charge in [-0.3, -0.25) is 0 Å². The number of anilines is 6. The Morgan fingerprint density at radius 2 is 1.31 bits per heavy atom. The predicted molar refractivity (Wildman–Crippen MR) is 264 cm³/mol. The van der Waals surface area contributed by atoms with E-state index in [4.69, 9.17) is 4.42 Å². The molecule has 3 nitrogen and oxygen atoms in total. The van der Waals surface area contributed by atoms with Gasteiger partial charge in [0.15, 0.2) is 0 Å². The number of nitrogens with zero attached hydrogens (tertiary/aromatic N) is 2. The van der Waals surface area contributed by atoms with Crippen molar-refractivity contribution in [2.45, 2.75) is 137 Å². The molecule has 10 rings (SSSR count). The lowest BCUT2D eigenvalue weighted by molar-refractivity contribution is 0.332. The van der Waals surface area contributed by atoms with Crippen molar-refractivity contribution in [3.8, 4) is 0 Å². The van der Waals surface area contributed by atoms with Gasteiger partial charge >= 0.3 is 0 Å². The van der Waals surface area contributed by atoms with E-state index in [1.54, 1.807) is 0 Å². The van der Waals surface area contributed by atoms with Crippen molar-refractivity contribution in [3.63, 3.8) is 0 Å². The number of hydrogen-bond acceptors (Lipinski definition) is 3. The normalized spacial score (nSPS) is 16.5. The van der Waals surface area contributed by atoms with E-state index in [0.717, 1.165) is 36.2 Å². The highest BCUT2D eigenvalue weighted by atomic mass is 16.3. The molecule has 61 heavy (non-hydrogen) atoms. The molecule has 3 aliphatic rings. The molecule has 0 amide bonds. The first-order valence-corrected chi connectivity index (χ1v) is 22.9. The summed E-state index contributed by atoms with van der Waals surface area (Å²) in [7, 11) is 0. The minimum absolute atomic E-state index is 0.0110. The van der Waals surface area contributed by atoms with Crippen LogP contribution in [0.25, 0.3) is 21.7 Å². The standard InChI is InChI=1S/C57H63BN2O/c1-14-55(8,9)43-32-46-47(31-41(43)34(2)3)59(39-23-20-38(21-24-39)54(5,6)7)48-27-35(4)28-49-51(48)58(46)53-52(60(49)40-22-19-36-17-15-16-18-37(36)29-40)42-30-44-45(33-50(42)61-53)57(12,13)26-25-56(44,10)11/h15-24,27-34H,14,25-26H2,1-13H3. The van der Waals surface area contributed by atoms with Crippen LogP contribution in [0.2, 0.25) is 0 Å². The zero-order valence-electron chi connectivity index (χ0n) is 38.9. The zero-order chi connectivity index (χ0) is 43.1. The first-order chi connectivity index (χ1) is 28.8. The first kappa shape index (κ1) is 39.9. The third-order valence-electron chi connectivity index (χ3n) is 15.2. The molecule has 0 N–H and O–H groups in total. The van der Waals surface area contributed by atoms with Crippen molar-refractivity contribution in [2.24, 2.45) is 0 Å².